The highest BCUT2D eigenvalue weighted by atomic mass is 32.2. The Morgan fingerprint density at radius 3 is 2.82 bits per heavy atom. The van der Waals surface area contributed by atoms with Crippen molar-refractivity contribution < 1.29 is 13.3 Å². The lowest BCUT2D eigenvalue weighted by atomic mass is 10.3. The molecule has 3 nitrogen and oxygen atoms in total. The Morgan fingerprint density at radius 1 is 1.35 bits per heavy atom. The summed E-state index contributed by atoms with van der Waals surface area (Å²) in [5, 5.41) is 3.73. The van der Waals surface area contributed by atoms with E-state index in [9.17, 15) is 8.78 Å². The number of nitrogens with zero attached hydrogens (tertiary/aromatic N) is 2. The molecule has 0 amide bonds. The number of aromatic nitrogens is 2. The summed E-state index contributed by atoms with van der Waals surface area (Å²) in [5.74, 6) is 0.272. The van der Waals surface area contributed by atoms with E-state index in [1.54, 1.807) is 0 Å². The van der Waals surface area contributed by atoms with Crippen LogP contribution in [-0.2, 0) is 12.2 Å². The molecule has 17 heavy (non-hydrogen) atoms. The lowest BCUT2D eigenvalue weighted by Crippen LogP contribution is -1.87. The second-order valence-corrected chi connectivity index (χ2v) is 4.34. The van der Waals surface area contributed by atoms with E-state index in [1.165, 1.54) is 23.9 Å². The van der Waals surface area contributed by atoms with Gasteiger partial charge in [-0.1, -0.05) is 12.1 Å². The maximum Gasteiger partial charge on any atom is 0.237 e. The molecule has 0 bridgehead atoms. The van der Waals surface area contributed by atoms with Crippen LogP contribution in [0.2, 0.25) is 0 Å². The Bertz CT molecular complexity index is 516. The van der Waals surface area contributed by atoms with Gasteiger partial charge >= 0.3 is 0 Å². The SMILES string of the molecule is CCc1noc(CSc2ccc(F)cc2F)n1. The summed E-state index contributed by atoms with van der Waals surface area (Å²) in [6.07, 6.45) is 0.694. The van der Waals surface area contributed by atoms with Crippen LogP contribution in [0, 0.1) is 11.6 Å². The summed E-state index contributed by atoms with van der Waals surface area (Å²) in [6.45, 7) is 1.92. The van der Waals surface area contributed by atoms with Gasteiger partial charge in [-0.05, 0) is 12.1 Å². The molecule has 0 fully saturated rings. The molecular formula is C11H10F2N2OS. The first kappa shape index (κ1) is 12.0. The molecule has 0 saturated heterocycles. The van der Waals surface area contributed by atoms with E-state index in [1.807, 2.05) is 6.92 Å². The van der Waals surface area contributed by atoms with Gasteiger partial charge in [0.1, 0.15) is 11.6 Å². The zero-order chi connectivity index (χ0) is 12.3. The molecule has 2 rings (SSSR count). The molecule has 0 spiro atoms. The fourth-order valence-corrected chi connectivity index (χ4v) is 1.98. The van der Waals surface area contributed by atoms with E-state index in [-0.39, 0.29) is 0 Å². The third-order valence-electron chi connectivity index (χ3n) is 2.07. The molecule has 0 radical (unpaired) electrons. The van der Waals surface area contributed by atoms with Gasteiger partial charge in [0.05, 0.1) is 5.75 Å². The van der Waals surface area contributed by atoms with Gasteiger partial charge in [-0.15, -0.1) is 11.8 Å². The van der Waals surface area contributed by atoms with Gasteiger partial charge in [0, 0.05) is 17.4 Å². The Morgan fingerprint density at radius 2 is 2.18 bits per heavy atom. The van der Waals surface area contributed by atoms with Gasteiger partial charge in [0.25, 0.3) is 0 Å². The van der Waals surface area contributed by atoms with Crippen LogP contribution in [0.15, 0.2) is 27.6 Å². The maximum atomic E-state index is 13.3. The van der Waals surface area contributed by atoms with E-state index < -0.39 is 11.6 Å². The van der Waals surface area contributed by atoms with Gasteiger partial charge in [-0.2, -0.15) is 4.98 Å². The smallest absolute Gasteiger partial charge is 0.237 e. The second kappa shape index (κ2) is 5.27. The number of hydrogen-bond donors (Lipinski definition) is 0. The summed E-state index contributed by atoms with van der Waals surface area (Å²) < 4.78 is 30.9. The quantitative estimate of drug-likeness (QED) is 0.787. The first-order chi connectivity index (χ1) is 8.19. The number of benzene rings is 1. The van der Waals surface area contributed by atoms with Crippen LogP contribution in [0.4, 0.5) is 8.78 Å². The van der Waals surface area contributed by atoms with Crippen molar-refractivity contribution in [2.45, 2.75) is 24.0 Å². The topological polar surface area (TPSA) is 38.9 Å². The Labute approximate surface area is 101 Å². The van der Waals surface area contributed by atoms with Gasteiger partial charge in [0.2, 0.25) is 5.89 Å². The van der Waals surface area contributed by atoms with E-state index in [0.29, 0.717) is 28.8 Å². The van der Waals surface area contributed by atoms with E-state index in [0.717, 1.165) is 6.07 Å². The number of thioether (sulfide) groups is 1. The summed E-state index contributed by atoms with van der Waals surface area (Å²) in [7, 11) is 0. The Kier molecular flexibility index (Phi) is 3.73. The number of hydrogen-bond acceptors (Lipinski definition) is 4. The minimum atomic E-state index is -0.585. The van der Waals surface area contributed by atoms with Crippen molar-refractivity contribution in [2.24, 2.45) is 0 Å². The highest BCUT2D eigenvalue weighted by Crippen LogP contribution is 2.25. The lowest BCUT2D eigenvalue weighted by molar-refractivity contribution is 0.385. The van der Waals surface area contributed by atoms with Crippen molar-refractivity contribution >= 4 is 11.8 Å². The molecule has 2 aromatic rings. The maximum absolute atomic E-state index is 13.3. The third kappa shape index (κ3) is 3.03. The molecule has 1 aromatic carbocycles. The first-order valence-corrected chi connectivity index (χ1v) is 6.07. The van der Waals surface area contributed by atoms with Gasteiger partial charge in [-0.3, -0.25) is 0 Å². The lowest BCUT2D eigenvalue weighted by Gasteiger charge is -2.00. The highest BCUT2D eigenvalue weighted by molar-refractivity contribution is 7.98. The average molecular weight is 256 g/mol. The molecule has 1 aromatic heterocycles. The molecule has 0 aliphatic rings. The zero-order valence-electron chi connectivity index (χ0n) is 9.11. The minimum absolute atomic E-state index is 0.364. The number of aryl methyl sites for hydroxylation is 1. The van der Waals surface area contributed by atoms with Gasteiger partial charge in [0.15, 0.2) is 5.82 Å². The van der Waals surface area contributed by atoms with Crippen molar-refractivity contribution in [1.82, 2.24) is 10.1 Å². The predicted molar refractivity (Wildman–Crippen MR) is 59.6 cm³/mol. The Hall–Kier alpha value is -1.43. The fraction of sp³-hybridized carbons (Fsp3) is 0.273. The molecule has 0 unspecified atom stereocenters. The molecule has 0 saturated carbocycles. The van der Waals surface area contributed by atoms with Crippen LogP contribution in [0.3, 0.4) is 0 Å². The van der Waals surface area contributed by atoms with Crippen molar-refractivity contribution in [2.75, 3.05) is 0 Å². The van der Waals surface area contributed by atoms with Crippen molar-refractivity contribution in [1.29, 1.82) is 0 Å². The molecule has 0 N–H and O–H groups in total. The molecule has 0 aliphatic heterocycles. The first-order valence-electron chi connectivity index (χ1n) is 5.08. The van der Waals surface area contributed by atoms with Crippen molar-refractivity contribution in [3.63, 3.8) is 0 Å². The molecule has 0 aliphatic carbocycles. The predicted octanol–water partition coefficient (Wildman–Crippen LogP) is 3.20. The van der Waals surface area contributed by atoms with E-state index >= 15 is 0 Å². The van der Waals surface area contributed by atoms with Gasteiger partial charge < -0.3 is 4.52 Å². The molecule has 1 heterocycles. The van der Waals surface area contributed by atoms with Crippen LogP contribution in [0.5, 0.6) is 0 Å². The fourth-order valence-electron chi connectivity index (χ4n) is 1.22. The van der Waals surface area contributed by atoms with Gasteiger partial charge in [-0.25, -0.2) is 8.78 Å². The molecular weight excluding hydrogens is 246 g/mol. The summed E-state index contributed by atoms with van der Waals surface area (Å²) in [5.41, 5.74) is 0. The normalized spacial score (nSPS) is 10.8. The van der Waals surface area contributed by atoms with Crippen LogP contribution in [0.1, 0.15) is 18.6 Å². The molecule has 0 atom stereocenters. The summed E-state index contributed by atoms with van der Waals surface area (Å²) >= 11 is 1.19. The summed E-state index contributed by atoms with van der Waals surface area (Å²) in [6, 6.07) is 3.47. The molecule has 90 valence electrons. The number of rotatable bonds is 4. The van der Waals surface area contributed by atoms with Crippen molar-refractivity contribution in [3.05, 3.63) is 41.5 Å². The van der Waals surface area contributed by atoms with Crippen LogP contribution < -0.4 is 0 Å². The van der Waals surface area contributed by atoms with Crippen LogP contribution >= 0.6 is 11.8 Å². The monoisotopic (exact) mass is 256 g/mol. The third-order valence-corrected chi connectivity index (χ3v) is 3.10. The standard InChI is InChI=1S/C11H10F2N2OS/c1-2-10-14-11(16-15-10)6-17-9-4-3-7(12)5-8(9)13/h3-5H,2,6H2,1H3. The minimum Gasteiger partial charge on any atom is -0.338 e. The second-order valence-electron chi connectivity index (χ2n) is 3.32. The average Bonchev–Trinajstić information content (AvgIpc) is 2.76. The molecule has 6 heteroatoms. The number of halogens is 2. The van der Waals surface area contributed by atoms with E-state index in [2.05, 4.69) is 10.1 Å². The highest BCUT2D eigenvalue weighted by Gasteiger charge is 2.08. The van der Waals surface area contributed by atoms with Crippen molar-refractivity contribution in [3.8, 4) is 0 Å². The van der Waals surface area contributed by atoms with Crippen LogP contribution in [0.25, 0.3) is 0 Å². The zero-order valence-corrected chi connectivity index (χ0v) is 9.93. The van der Waals surface area contributed by atoms with Crippen LogP contribution in [-0.4, -0.2) is 10.1 Å². The van der Waals surface area contributed by atoms with E-state index in [4.69, 9.17) is 4.52 Å². The summed E-state index contributed by atoms with van der Waals surface area (Å²) in [4.78, 5) is 4.46. The Balaban J connectivity index is 2.02. The largest absolute Gasteiger partial charge is 0.338 e.